The lowest BCUT2D eigenvalue weighted by Gasteiger charge is -2.08. The van der Waals surface area contributed by atoms with E-state index in [-0.39, 0.29) is 0 Å². The van der Waals surface area contributed by atoms with E-state index in [0.717, 1.165) is 24.0 Å². The standard InChI is InChI=1S/C13H21N3O2S/c14-11(12(17)18)10-8-19-13(16-10)15-7-3-6-9-4-1-2-5-9/h8-9,11H,1-7,14H2,(H,15,16)(H,17,18). The molecule has 0 amide bonds. The van der Waals surface area contributed by atoms with Gasteiger partial charge in [-0.1, -0.05) is 25.7 Å². The van der Waals surface area contributed by atoms with Crippen molar-refractivity contribution < 1.29 is 9.90 Å². The summed E-state index contributed by atoms with van der Waals surface area (Å²) in [5.41, 5.74) is 5.93. The summed E-state index contributed by atoms with van der Waals surface area (Å²) in [7, 11) is 0. The molecule has 1 aliphatic carbocycles. The minimum Gasteiger partial charge on any atom is -0.480 e. The lowest BCUT2D eigenvalue weighted by atomic mass is 10.0. The van der Waals surface area contributed by atoms with Gasteiger partial charge in [0.2, 0.25) is 0 Å². The maximum absolute atomic E-state index is 10.7. The molecule has 4 N–H and O–H groups in total. The maximum atomic E-state index is 10.7. The zero-order valence-corrected chi connectivity index (χ0v) is 11.8. The molecule has 5 nitrogen and oxygen atoms in total. The Balaban J connectivity index is 1.69. The minimum atomic E-state index is -1.04. The number of hydrogen-bond acceptors (Lipinski definition) is 5. The van der Waals surface area contributed by atoms with Gasteiger partial charge in [0.15, 0.2) is 5.13 Å². The number of nitrogens with two attached hydrogens (primary N) is 1. The molecule has 6 heteroatoms. The van der Waals surface area contributed by atoms with Gasteiger partial charge in [-0.2, -0.15) is 0 Å². The van der Waals surface area contributed by atoms with E-state index < -0.39 is 12.0 Å². The van der Waals surface area contributed by atoms with Crippen molar-refractivity contribution in [2.75, 3.05) is 11.9 Å². The molecule has 1 fully saturated rings. The average Bonchev–Trinajstić information content (AvgIpc) is 3.05. The first-order valence-corrected chi connectivity index (χ1v) is 7.72. The highest BCUT2D eigenvalue weighted by molar-refractivity contribution is 7.13. The van der Waals surface area contributed by atoms with Crippen molar-refractivity contribution in [3.05, 3.63) is 11.1 Å². The van der Waals surface area contributed by atoms with Gasteiger partial charge in [0.25, 0.3) is 0 Å². The van der Waals surface area contributed by atoms with Crippen LogP contribution in [-0.2, 0) is 4.79 Å². The van der Waals surface area contributed by atoms with Crippen LogP contribution in [0.15, 0.2) is 5.38 Å². The molecule has 1 atom stereocenters. The smallest absolute Gasteiger partial charge is 0.326 e. The number of aromatic nitrogens is 1. The number of anilines is 1. The van der Waals surface area contributed by atoms with Crippen molar-refractivity contribution in [1.29, 1.82) is 0 Å². The second-order valence-electron chi connectivity index (χ2n) is 5.11. The topological polar surface area (TPSA) is 88.2 Å². The molecule has 0 radical (unpaired) electrons. The predicted molar refractivity (Wildman–Crippen MR) is 76.4 cm³/mol. The van der Waals surface area contributed by atoms with E-state index in [0.29, 0.717) is 5.69 Å². The van der Waals surface area contributed by atoms with Crippen molar-refractivity contribution >= 4 is 22.4 Å². The summed E-state index contributed by atoms with van der Waals surface area (Å²) in [6, 6.07) is -1.02. The molecule has 1 unspecified atom stereocenters. The van der Waals surface area contributed by atoms with Crippen LogP contribution in [0.3, 0.4) is 0 Å². The third-order valence-corrected chi connectivity index (χ3v) is 4.46. The summed E-state index contributed by atoms with van der Waals surface area (Å²) >= 11 is 1.41. The molecular weight excluding hydrogens is 262 g/mol. The Hall–Kier alpha value is -1.14. The molecule has 1 saturated carbocycles. The van der Waals surface area contributed by atoms with Crippen molar-refractivity contribution in [1.82, 2.24) is 4.98 Å². The van der Waals surface area contributed by atoms with E-state index in [1.165, 1.54) is 43.4 Å². The highest BCUT2D eigenvalue weighted by atomic mass is 32.1. The van der Waals surface area contributed by atoms with E-state index >= 15 is 0 Å². The lowest BCUT2D eigenvalue weighted by Crippen LogP contribution is -2.20. The molecule has 0 saturated heterocycles. The summed E-state index contributed by atoms with van der Waals surface area (Å²) in [6.45, 7) is 0.895. The Morgan fingerprint density at radius 1 is 1.58 bits per heavy atom. The van der Waals surface area contributed by atoms with Crippen LogP contribution >= 0.6 is 11.3 Å². The van der Waals surface area contributed by atoms with Gasteiger partial charge in [0.1, 0.15) is 6.04 Å². The molecule has 1 heterocycles. The molecule has 0 aromatic carbocycles. The number of nitrogens with one attached hydrogen (secondary N) is 1. The summed E-state index contributed by atoms with van der Waals surface area (Å²) in [5, 5.41) is 14.5. The summed E-state index contributed by atoms with van der Waals surface area (Å²) < 4.78 is 0. The minimum absolute atomic E-state index is 0.427. The fraction of sp³-hybridized carbons (Fsp3) is 0.692. The van der Waals surface area contributed by atoms with Gasteiger partial charge < -0.3 is 16.2 Å². The number of carbonyl (C=O) groups is 1. The molecule has 106 valence electrons. The van der Waals surface area contributed by atoms with Crippen molar-refractivity contribution in [2.24, 2.45) is 11.7 Å². The second-order valence-corrected chi connectivity index (χ2v) is 5.97. The van der Waals surface area contributed by atoms with Crippen LogP contribution < -0.4 is 11.1 Å². The summed E-state index contributed by atoms with van der Waals surface area (Å²) in [6.07, 6.45) is 7.97. The van der Waals surface area contributed by atoms with Gasteiger partial charge in [-0.3, -0.25) is 4.79 Å². The Bertz CT molecular complexity index is 416. The molecule has 2 rings (SSSR count). The summed E-state index contributed by atoms with van der Waals surface area (Å²) in [5.74, 6) is -0.132. The second kappa shape index (κ2) is 6.86. The van der Waals surface area contributed by atoms with E-state index in [1.54, 1.807) is 5.38 Å². The van der Waals surface area contributed by atoms with E-state index in [2.05, 4.69) is 10.3 Å². The quantitative estimate of drug-likeness (QED) is 0.669. The third kappa shape index (κ3) is 4.18. The number of hydrogen-bond donors (Lipinski definition) is 3. The number of carboxylic acids is 1. The Morgan fingerprint density at radius 2 is 2.32 bits per heavy atom. The van der Waals surface area contributed by atoms with Crippen LogP contribution in [0.4, 0.5) is 5.13 Å². The Labute approximate surface area is 117 Å². The predicted octanol–water partition coefficient (Wildman–Crippen LogP) is 2.61. The normalized spacial score (nSPS) is 17.5. The summed E-state index contributed by atoms with van der Waals surface area (Å²) in [4.78, 5) is 14.9. The van der Waals surface area contributed by atoms with E-state index in [1.807, 2.05) is 0 Å². The maximum Gasteiger partial charge on any atom is 0.326 e. The largest absolute Gasteiger partial charge is 0.480 e. The first-order valence-electron chi connectivity index (χ1n) is 6.84. The SMILES string of the molecule is NC(C(=O)O)c1csc(NCCCC2CCCC2)n1. The van der Waals surface area contributed by atoms with Gasteiger partial charge in [-0.25, -0.2) is 4.98 Å². The average molecular weight is 283 g/mol. The fourth-order valence-electron chi connectivity index (χ4n) is 2.52. The van der Waals surface area contributed by atoms with Crippen LogP contribution in [0.2, 0.25) is 0 Å². The first-order chi connectivity index (χ1) is 9.16. The highest BCUT2D eigenvalue weighted by Gasteiger charge is 2.17. The molecular formula is C13H21N3O2S. The molecule has 1 aromatic heterocycles. The van der Waals surface area contributed by atoms with E-state index in [4.69, 9.17) is 10.8 Å². The third-order valence-electron chi connectivity index (χ3n) is 3.65. The van der Waals surface area contributed by atoms with Crippen LogP contribution in [0.1, 0.15) is 50.3 Å². The number of carboxylic acid groups (broad SMARTS) is 1. The lowest BCUT2D eigenvalue weighted by molar-refractivity contribution is -0.138. The highest BCUT2D eigenvalue weighted by Crippen LogP contribution is 2.28. The van der Waals surface area contributed by atoms with Gasteiger partial charge >= 0.3 is 5.97 Å². The molecule has 0 spiro atoms. The molecule has 0 bridgehead atoms. The van der Waals surface area contributed by atoms with Gasteiger partial charge in [-0.15, -0.1) is 11.3 Å². The Kier molecular flexibility index (Phi) is 5.15. The van der Waals surface area contributed by atoms with E-state index in [9.17, 15) is 4.79 Å². The van der Waals surface area contributed by atoms with Crippen LogP contribution in [-0.4, -0.2) is 22.6 Å². The van der Waals surface area contributed by atoms with Crippen molar-refractivity contribution in [2.45, 2.75) is 44.6 Å². The zero-order chi connectivity index (χ0) is 13.7. The van der Waals surface area contributed by atoms with Gasteiger partial charge in [-0.05, 0) is 18.8 Å². The van der Waals surface area contributed by atoms with Crippen LogP contribution in [0.25, 0.3) is 0 Å². The fourth-order valence-corrected chi connectivity index (χ4v) is 3.30. The number of rotatable bonds is 7. The molecule has 1 aliphatic rings. The van der Waals surface area contributed by atoms with Crippen LogP contribution in [0.5, 0.6) is 0 Å². The molecule has 0 aliphatic heterocycles. The first kappa shape index (κ1) is 14.3. The van der Waals surface area contributed by atoms with Crippen molar-refractivity contribution in [3.8, 4) is 0 Å². The monoisotopic (exact) mass is 283 g/mol. The van der Waals surface area contributed by atoms with Gasteiger partial charge in [0, 0.05) is 11.9 Å². The molecule has 1 aromatic rings. The van der Waals surface area contributed by atoms with Crippen LogP contribution in [0, 0.1) is 5.92 Å². The van der Waals surface area contributed by atoms with Crippen molar-refractivity contribution in [3.63, 3.8) is 0 Å². The molecule has 19 heavy (non-hydrogen) atoms. The Morgan fingerprint density at radius 3 is 3.00 bits per heavy atom. The number of aliphatic carboxylic acids is 1. The number of nitrogens with zero attached hydrogens (tertiary/aromatic N) is 1. The zero-order valence-electron chi connectivity index (χ0n) is 11.0. The van der Waals surface area contributed by atoms with Gasteiger partial charge in [0.05, 0.1) is 5.69 Å². The number of thiazole rings is 1.